The van der Waals surface area contributed by atoms with Crippen LogP contribution in [0.1, 0.15) is 26.7 Å². The maximum absolute atomic E-state index is 9.83. The number of Topliss-reactive ketones (excluding diaryl/α,β-unsaturated/α-hetero) is 2. The van der Waals surface area contributed by atoms with Gasteiger partial charge in [-0.1, -0.05) is 0 Å². The topological polar surface area (TPSA) is 114 Å². The van der Waals surface area contributed by atoms with Crippen LogP contribution in [-0.2, 0) is 19.2 Å². The second-order valence-corrected chi connectivity index (χ2v) is 2.50. The Morgan fingerprint density at radius 2 is 1.00 bits per heavy atom. The Bertz CT molecular complexity index is 198. The molecule has 0 atom stereocenters. The zero-order valence-corrected chi connectivity index (χ0v) is 8.57. The van der Waals surface area contributed by atoms with Crippen molar-refractivity contribution < 1.29 is 29.4 Å². The minimum absolute atomic E-state index is 0. The molecule has 0 aromatic rings. The van der Waals surface area contributed by atoms with Gasteiger partial charge in [-0.2, -0.15) is 0 Å². The number of ketones is 2. The Morgan fingerprint density at radius 1 is 0.800 bits per heavy atom. The van der Waals surface area contributed by atoms with Gasteiger partial charge in [-0.25, -0.2) is 0 Å². The van der Waals surface area contributed by atoms with Crippen LogP contribution in [0.25, 0.3) is 0 Å². The summed E-state index contributed by atoms with van der Waals surface area (Å²) in [6, 6.07) is 0. The largest absolute Gasteiger partial charge is 2.00 e. The van der Waals surface area contributed by atoms with Gasteiger partial charge in [-0.05, 0) is 13.8 Å². The molecule has 0 radical (unpaired) electrons. The maximum Gasteiger partial charge on any atom is 2.00 e. The molecule has 0 bridgehead atoms. The standard InChI is InChI=1S/2C4H6O3.Be/c2*1-3(5)2-4(6)7;/h2*2H2,1H3,(H,6,7);/q;;+2/p-2. The van der Waals surface area contributed by atoms with Crippen molar-refractivity contribution in [3.63, 3.8) is 0 Å². The molecular weight excluding hydrogens is 201 g/mol. The average Bonchev–Trinajstić information content (AvgIpc) is 1.79. The van der Waals surface area contributed by atoms with Crippen LogP contribution in [0.3, 0.4) is 0 Å². The fraction of sp³-hybridized carbons (Fsp3) is 0.500. The molecule has 0 saturated carbocycles. The number of hydrogen-bond donors (Lipinski definition) is 0. The molecule has 0 unspecified atom stereocenters. The summed E-state index contributed by atoms with van der Waals surface area (Å²) in [5, 5.41) is 19.0. The molecule has 7 heteroatoms. The van der Waals surface area contributed by atoms with Crippen molar-refractivity contribution in [2.75, 3.05) is 0 Å². The van der Waals surface area contributed by atoms with E-state index in [1.54, 1.807) is 0 Å². The third-order valence-corrected chi connectivity index (χ3v) is 0.787. The summed E-state index contributed by atoms with van der Waals surface area (Å²) in [7, 11) is 0. The summed E-state index contributed by atoms with van der Waals surface area (Å²) in [5.74, 6) is -3.37. The first kappa shape index (κ1) is 19.1. The summed E-state index contributed by atoms with van der Waals surface area (Å²) < 4.78 is 0. The van der Waals surface area contributed by atoms with Crippen molar-refractivity contribution in [3.8, 4) is 0 Å². The molecule has 0 N–H and O–H groups in total. The van der Waals surface area contributed by atoms with Crippen LogP contribution in [0.4, 0.5) is 0 Å². The zero-order valence-electron chi connectivity index (χ0n) is 8.57. The van der Waals surface area contributed by atoms with Crippen molar-refractivity contribution in [2.24, 2.45) is 0 Å². The Hall–Kier alpha value is -1.55. The van der Waals surface area contributed by atoms with E-state index in [1.807, 2.05) is 0 Å². The number of carbonyl (C=O) groups is 4. The van der Waals surface area contributed by atoms with Crippen molar-refractivity contribution in [3.05, 3.63) is 0 Å². The summed E-state index contributed by atoms with van der Waals surface area (Å²) in [5.41, 5.74) is 0. The Kier molecular flexibility index (Phi) is 13.4. The van der Waals surface area contributed by atoms with Gasteiger partial charge < -0.3 is 19.8 Å². The van der Waals surface area contributed by atoms with Crippen LogP contribution in [-0.4, -0.2) is 33.6 Å². The number of carboxylic acid groups (broad SMARTS) is 2. The first-order valence-electron chi connectivity index (χ1n) is 3.64. The molecule has 0 rings (SSSR count). The molecule has 0 aliphatic rings. The van der Waals surface area contributed by atoms with E-state index in [2.05, 4.69) is 0 Å². The summed E-state index contributed by atoms with van der Waals surface area (Å²) in [4.78, 5) is 38.6. The molecule has 15 heavy (non-hydrogen) atoms. The number of carboxylic acids is 2. The Balaban J connectivity index is -0.000000180. The third-order valence-electron chi connectivity index (χ3n) is 0.787. The van der Waals surface area contributed by atoms with Crippen LogP contribution in [0.2, 0.25) is 0 Å². The monoisotopic (exact) mass is 211 g/mol. The van der Waals surface area contributed by atoms with Gasteiger partial charge in [0.2, 0.25) is 0 Å². The van der Waals surface area contributed by atoms with Crippen LogP contribution in [0.5, 0.6) is 0 Å². The van der Waals surface area contributed by atoms with Crippen LogP contribution >= 0.6 is 0 Å². The molecule has 0 spiro atoms. The molecule has 0 amide bonds. The van der Waals surface area contributed by atoms with Gasteiger partial charge in [0.25, 0.3) is 0 Å². The van der Waals surface area contributed by atoms with E-state index in [4.69, 9.17) is 0 Å². The fourth-order valence-electron chi connectivity index (χ4n) is 0.407. The first-order valence-corrected chi connectivity index (χ1v) is 3.64. The Labute approximate surface area is 90.5 Å². The molecule has 0 saturated heterocycles. The van der Waals surface area contributed by atoms with Crippen molar-refractivity contribution in [1.29, 1.82) is 0 Å². The van der Waals surface area contributed by atoms with Gasteiger partial charge in [-0.3, -0.25) is 9.59 Å². The number of carbonyl (C=O) groups excluding carboxylic acids is 4. The van der Waals surface area contributed by atoms with Gasteiger partial charge in [0.05, 0.1) is 0 Å². The normalized spacial score (nSPS) is 7.60. The van der Waals surface area contributed by atoms with Crippen LogP contribution in [0, 0.1) is 0 Å². The minimum Gasteiger partial charge on any atom is -0.550 e. The number of rotatable bonds is 4. The van der Waals surface area contributed by atoms with Gasteiger partial charge in [-0.15, -0.1) is 0 Å². The van der Waals surface area contributed by atoms with Gasteiger partial charge in [0.15, 0.2) is 0 Å². The van der Waals surface area contributed by atoms with E-state index >= 15 is 0 Å². The minimum atomic E-state index is -1.31. The SMILES string of the molecule is CC(=O)CC(=O)[O-].CC(=O)CC(=O)[O-].[Be+2]. The van der Waals surface area contributed by atoms with Crippen molar-refractivity contribution in [1.82, 2.24) is 0 Å². The second kappa shape index (κ2) is 10.5. The van der Waals surface area contributed by atoms with E-state index in [-0.39, 0.29) is 21.7 Å². The molecular formula is C8H10BeO6. The zero-order chi connectivity index (χ0) is 11.7. The summed E-state index contributed by atoms with van der Waals surface area (Å²) >= 11 is 0. The molecule has 0 aromatic carbocycles. The maximum atomic E-state index is 9.83. The molecule has 80 valence electrons. The second-order valence-electron chi connectivity index (χ2n) is 2.50. The average molecular weight is 211 g/mol. The smallest absolute Gasteiger partial charge is 0.550 e. The Morgan fingerprint density at radius 3 is 1.00 bits per heavy atom. The van der Waals surface area contributed by atoms with E-state index in [9.17, 15) is 29.4 Å². The van der Waals surface area contributed by atoms with Crippen LogP contribution < -0.4 is 10.2 Å². The predicted octanol–water partition coefficient (Wildman–Crippen LogP) is -2.95. The van der Waals surface area contributed by atoms with E-state index in [0.717, 1.165) is 0 Å². The summed E-state index contributed by atoms with van der Waals surface area (Å²) in [6.07, 6.45) is -0.944. The van der Waals surface area contributed by atoms with Gasteiger partial charge >= 0.3 is 10.1 Å². The van der Waals surface area contributed by atoms with Gasteiger partial charge in [0, 0.05) is 24.8 Å². The molecule has 0 aromatic heterocycles. The van der Waals surface area contributed by atoms with E-state index < -0.39 is 24.8 Å². The summed E-state index contributed by atoms with van der Waals surface area (Å²) in [6.45, 7) is 2.41. The van der Waals surface area contributed by atoms with E-state index in [0.29, 0.717) is 0 Å². The molecule has 0 heterocycles. The quantitative estimate of drug-likeness (QED) is 0.362. The van der Waals surface area contributed by atoms with Crippen LogP contribution in [0.15, 0.2) is 0 Å². The number of aliphatic carboxylic acids is 2. The molecule has 0 aliphatic heterocycles. The molecule has 6 nitrogen and oxygen atoms in total. The fourth-order valence-corrected chi connectivity index (χ4v) is 0.407. The van der Waals surface area contributed by atoms with E-state index in [1.165, 1.54) is 13.8 Å². The predicted molar refractivity (Wildman–Crippen MR) is 46.4 cm³/mol. The van der Waals surface area contributed by atoms with Gasteiger partial charge in [0.1, 0.15) is 11.6 Å². The van der Waals surface area contributed by atoms with Crippen molar-refractivity contribution in [2.45, 2.75) is 26.7 Å². The number of hydrogen-bond acceptors (Lipinski definition) is 6. The molecule has 0 aliphatic carbocycles. The molecule has 0 fully saturated rings. The first-order chi connectivity index (χ1) is 6.25. The van der Waals surface area contributed by atoms with Crippen molar-refractivity contribution >= 4 is 33.6 Å². The third kappa shape index (κ3) is 32.7.